The molecular weight excluding hydrogens is 432 g/mol. The predicted molar refractivity (Wildman–Crippen MR) is 126 cm³/mol. The van der Waals surface area contributed by atoms with Crippen molar-refractivity contribution >= 4 is 17.7 Å². The highest BCUT2D eigenvalue weighted by Crippen LogP contribution is 2.32. The summed E-state index contributed by atoms with van der Waals surface area (Å²) < 4.78 is 11.2. The second-order valence-corrected chi connectivity index (χ2v) is 10.5. The molecule has 8 nitrogen and oxygen atoms in total. The SMILES string of the molecule is CCCCCC1CC(C(=O)NC(C(C)C)C2OC(SC)C(O)C(O)C2O)N(CCOC)C1. The third-order valence-electron chi connectivity index (χ3n) is 6.81. The number of carbonyl (C=O) groups excluding carboxylic acids is 1. The molecule has 0 bridgehead atoms. The van der Waals surface area contributed by atoms with Gasteiger partial charge in [-0.2, -0.15) is 0 Å². The number of ether oxygens (including phenoxy) is 2. The number of aliphatic hydroxyl groups excluding tert-OH is 3. The van der Waals surface area contributed by atoms with Crippen molar-refractivity contribution in [1.29, 1.82) is 0 Å². The van der Waals surface area contributed by atoms with Crippen LogP contribution in [0.5, 0.6) is 0 Å². The van der Waals surface area contributed by atoms with Crippen LogP contribution in [0.25, 0.3) is 0 Å². The number of carbonyl (C=O) groups is 1. The Kier molecular flexibility index (Phi) is 11.7. The quantitative estimate of drug-likeness (QED) is 0.311. The number of aliphatic hydroxyl groups is 3. The maximum absolute atomic E-state index is 13.4. The predicted octanol–water partition coefficient (Wildman–Crippen LogP) is 1.22. The Bertz CT molecular complexity index is 567. The maximum Gasteiger partial charge on any atom is 0.237 e. The van der Waals surface area contributed by atoms with E-state index >= 15 is 0 Å². The number of likely N-dealkylation sites (tertiary alicyclic amines) is 1. The number of nitrogens with one attached hydrogen (secondary N) is 1. The van der Waals surface area contributed by atoms with Gasteiger partial charge in [0.05, 0.1) is 18.7 Å². The van der Waals surface area contributed by atoms with E-state index in [0.29, 0.717) is 19.1 Å². The van der Waals surface area contributed by atoms with E-state index in [2.05, 4.69) is 17.1 Å². The highest BCUT2D eigenvalue weighted by Gasteiger charge is 2.48. The van der Waals surface area contributed by atoms with Gasteiger partial charge in [-0.05, 0) is 30.9 Å². The van der Waals surface area contributed by atoms with Crippen LogP contribution < -0.4 is 5.32 Å². The van der Waals surface area contributed by atoms with Gasteiger partial charge < -0.3 is 30.1 Å². The highest BCUT2D eigenvalue weighted by molar-refractivity contribution is 7.99. The van der Waals surface area contributed by atoms with E-state index in [0.717, 1.165) is 19.4 Å². The number of nitrogens with zero attached hydrogens (tertiary/aromatic N) is 1. The summed E-state index contributed by atoms with van der Waals surface area (Å²) >= 11 is 1.28. The first-order valence-corrected chi connectivity index (χ1v) is 13.3. The van der Waals surface area contributed by atoms with Crippen molar-refractivity contribution in [3.8, 4) is 0 Å². The summed E-state index contributed by atoms with van der Waals surface area (Å²) in [5.74, 6) is 0.383. The summed E-state index contributed by atoms with van der Waals surface area (Å²) in [7, 11) is 1.67. The standard InChI is InChI=1S/C23H44N2O6S/c1-6-7-8-9-15-12-16(25(13-15)10-11-30-4)22(29)24-17(14(2)3)21-19(27)18(26)20(28)23(31-21)32-5/h14-21,23,26-28H,6-13H2,1-5H3,(H,24,29). The van der Waals surface area contributed by atoms with Crippen LogP contribution in [0.15, 0.2) is 0 Å². The van der Waals surface area contributed by atoms with Gasteiger partial charge in [-0.3, -0.25) is 9.69 Å². The van der Waals surface area contributed by atoms with Crippen LogP contribution in [-0.4, -0.2) is 101 Å². The molecule has 8 atom stereocenters. The van der Waals surface area contributed by atoms with E-state index in [4.69, 9.17) is 9.47 Å². The lowest BCUT2D eigenvalue weighted by atomic mass is 9.88. The number of rotatable bonds is 12. The lowest BCUT2D eigenvalue weighted by molar-refractivity contribution is -0.208. The van der Waals surface area contributed by atoms with Crippen LogP contribution in [0, 0.1) is 11.8 Å². The molecule has 32 heavy (non-hydrogen) atoms. The summed E-state index contributed by atoms with van der Waals surface area (Å²) in [5, 5.41) is 34.3. The van der Waals surface area contributed by atoms with Gasteiger partial charge in [-0.25, -0.2) is 0 Å². The van der Waals surface area contributed by atoms with Crippen molar-refractivity contribution in [3.63, 3.8) is 0 Å². The Morgan fingerprint density at radius 3 is 2.53 bits per heavy atom. The molecule has 2 aliphatic heterocycles. The van der Waals surface area contributed by atoms with Crippen molar-refractivity contribution in [2.24, 2.45) is 11.8 Å². The Morgan fingerprint density at radius 1 is 1.22 bits per heavy atom. The Hall–Kier alpha value is -0.420. The molecule has 4 N–H and O–H groups in total. The smallest absolute Gasteiger partial charge is 0.237 e. The van der Waals surface area contributed by atoms with Crippen LogP contribution in [0.3, 0.4) is 0 Å². The average molecular weight is 477 g/mol. The van der Waals surface area contributed by atoms with Crippen molar-refractivity contribution in [1.82, 2.24) is 10.2 Å². The molecule has 0 aromatic carbocycles. The molecule has 2 heterocycles. The van der Waals surface area contributed by atoms with Gasteiger partial charge in [0.1, 0.15) is 29.9 Å². The van der Waals surface area contributed by atoms with Crippen LogP contribution in [0.2, 0.25) is 0 Å². The third kappa shape index (κ3) is 7.04. The highest BCUT2D eigenvalue weighted by atomic mass is 32.2. The van der Waals surface area contributed by atoms with Gasteiger partial charge in [0.25, 0.3) is 0 Å². The number of hydrogen-bond donors (Lipinski definition) is 4. The minimum absolute atomic E-state index is 0.0299. The minimum Gasteiger partial charge on any atom is -0.388 e. The van der Waals surface area contributed by atoms with E-state index < -0.39 is 35.9 Å². The fourth-order valence-electron chi connectivity index (χ4n) is 4.87. The van der Waals surface area contributed by atoms with Gasteiger partial charge in [0.2, 0.25) is 5.91 Å². The minimum atomic E-state index is -1.32. The van der Waals surface area contributed by atoms with Crippen LogP contribution in [-0.2, 0) is 14.3 Å². The average Bonchev–Trinajstić information content (AvgIpc) is 3.18. The zero-order valence-corrected chi connectivity index (χ0v) is 21.1. The molecule has 0 aromatic heterocycles. The fraction of sp³-hybridized carbons (Fsp3) is 0.957. The molecule has 0 saturated carbocycles. The monoisotopic (exact) mass is 476 g/mol. The molecule has 2 fully saturated rings. The zero-order chi connectivity index (χ0) is 23.8. The zero-order valence-electron chi connectivity index (χ0n) is 20.3. The summed E-state index contributed by atoms with van der Waals surface area (Å²) in [6.45, 7) is 8.27. The largest absolute Gasteiger partial charge is 0.388 e. The van der Waals surface area contributed by atoms with E-state index in [1.807, 2.05) is 13.8 Å². The molecule has 0 aromatic rings. The third-order valence-corrected chi connectivity index (χ3v) is 7.67. The van der Waals surface area contributed by atoms with Crippen molar-refractivity contribution in [2.75, 3.05) is 33.1 Å². The van der Waals surface area contributed by atoms with Crippen LogP contribution >= 0.6 is 11.8 Å². The molecule has 2 aliphatic rings. The van der Waals surface area contributed by atoms with E-state index in [1.54, 1.807) is 13.4 Å². The van der Waals surface area contributed by atoms with Gasteiger partial charge in [0, 0.05) is 20.2 Å². The normalized spacial score (nSPS) is 34.7. The Balaban J connectivity index is 2.10. The number of thioether (sulfide) groups is 1. The molecule has 8 unspecified atom stereocenters. The van der Waals surface area contributed by atoms with Gasteiger partial charge in [-0.15, -0.1) is 11.8 Å². The van der Waals surface area contributed by atoms with Crippen molar-refractivity contribution in [3.05, 3.63) is 0 Å². The first kappa shape index (κ1) is 27.8. The summed E-state index contributed by atoms with van der Waals surface area (Å²) in [6.07, 6.45) is 2.71. The van der Waals surface area contributed by atoms with Gasteiger partial charge in [0.15, 0.2) is 0 Å². The van der Waals surface area contributed by atoms with Crippen molar-refractivity contribution < 1.29 is 29.6 Å². The molecule has 2 saturated heterocycles. The molecule has 9 heteroatoms. The molecule has 1 amide bonds. The Labute approximate surface area is 197 Å². The Morgan fingerprint density at radius 2 is 1.94 bits per heavy atom. The topological polar surface area (TPSA) is 111 Å². The number of hydrogen-bond acceptors (Lipinski definition) is 8. The molecule has 0 spiro atoms. The molecule has 0 aliphatic carbocycles. The molecule has 2 rings (SSSR count). The second kappa shape index (κ2) is 13.5. The fourth-order valence-corrected chi connectivity index (χ4v) is 5.55. The first-order chi connectivity index (χ1) is 15.2. The van der Waals surface area contributed by atoms with E-state index in [-0.39, 0.29) is 17.9 Å². The number of amides is 1. The summed E-state index contributed by atoms with van der Waals surface area (Å²) in [4.78, 5) is 15.6. The summed E-state index contributed by atoms with van der Waals surface area (Å²) in [5.41, 5.74) is -0.663. The second-order valence-electron chi connectivity index (χ2n) is 9.56. The number of unbranched alkanes of at least 4 members (excludes halogenated alkanes) is 2. The lowest BCUT2D eigenvalue weighted by Crippen LogP contribution is -2.64. The van der Waals surface area contributed by atoms with Crippen LogP contribution in [0.1, 0.15) is 52.9 Å². The molecule has 0 radical (unpaired) electrons. The molecule has 188 valence electrons. The lowest BCUT2D eigenvalue weighted by Gasteiger charge is -2.44. The van der Waals surface area contributed by atoms with Crippen molar-refractivity contribution in [2.45, 2.75) is 94.8 Å². The molecular formula is C23H44N2O6S. The van der Waals surface area contributed by atoms with E-state index in [9.17, 15) is 20.1 Å². The number of methoxy groups -OCH3 is 1. The first-order valence-electron chi connectivity index (χ1n) is 12.0. The van der Waals surface area contributed by atoms with Gasteiger partial charge in [-0.1, -0.05) is 40.0 Å². The maximum atomic E-state index is 13.4. The van der Waals surface area contributed by atoms with Crippen LogP contribution in [0.4, 0.5) is 0 Å². The van der Waals surface area contributed by atoms with E-state index in [1.165, 1.54) is 31.0 Å². The van der Waals surface area contributed by atoms with Gasteiger partial charge >= 0.3 is 0 Å². The summed E-state index contributed by atoms with van der Waals surface area (Å²) in [6, 6.07) is -0.733.